The smallest absolute Gasteiger partial charge is 0.222 e. The molecule has 2 N–H and O–H groups in total. The van der Waals surface area contributed by atoms with Crippen LogP contribution in [-0.2, 0) is 0 Å². The largest absolute Gasteiger partial charge is 0.368 e. The van der Waals surface area contributed by atoms with E-state index in [1.807, 2.05) is 60.7 Å². The van der Waals surface area contributed by atoms with Crippen molar-refractivity contribution in [2.75, 3.05) is 5.73 Å². The molecule has 3 heteroatoms. The lowest BCUT2D eigenvalue weighted by Gasteiger charge is -1.95. The van der Waals surface area contributed by atoms with E-state index in [2.05, 4.69) is 33.6 Å². The number of aromatic nitrogens is 2. The molecule has 3 rings (SSSR count). The summed E-state index contributed by atoms with van der Waals surface area (Å²) in [6.07, 6.45) is 0. The molecule has 0 aliphatic rings. The van der Waals surface area contributed by atoms with Crippen molar-refractivity contribution >= 4 is 5.95 Å². The molecule has 3 aromatic rings. The van der Waals surface area contributed by atoms with Gasteiger partial charge in [0.25, 0.3) is 0 Å². The zero-order valence-corrected chi connectivity index (χ0v) is 12.3. The highest BCUT2D eigenvalue weighted by atomic mass is 15.0. The van der Waals surface area contributed by atoms with Crippen molar-refractivity contribution in [3.63, 3.8) is 0 Å². The van der Waals surface area contributed by atoms with Crippen molar-refractivity contribution in [2.45, 2.75) is 0 Å². The summed E-state index contributed by atoms with van der Waals surface area (Å²) in [6, 6.07) is 21.1. The molecule has 2 aromatic carbocycles. The molecule has 1 aromatic heterocycles. The lowest BCUT2D eigenvalue weighted by molar-refractivity contribution is 1.15. The monoisotopic (exact) mass is 295 g/mol. The Morgan fingerprint density at radius 1 is 0.609 bits per heavy atom. The molecule has 0 saturated carbocycles. The average molecular weight is 295 g/mol. The number of hydrogen-bond acceptors (Lipinski definition) is 3. The molecule has 23 heavy (non-hydrogen) atoms. The van der Waals surface area contributed by atoms with Gasteiger partial charge in [0, 0.05) is 17.2 Å². The first-order chi connectivity index (χ1) is 11.3. The van der Waals surface area contributed by atoms with Gasteiger partial charge in [-0.2, -0.15) is 0 Å². The lowest BCUT2D eigenvalue weighted by Crippen LogP contribution is -1.99. The summed E-state index contributed by atoms with van der Waals surface area (Å²) >= 11 is 0. The minimum absolute atomic E-state index is 0.169. The van der Waals surface area contributed by atoms with Gasteiger partial charge < -0.3 is 5.73 Å². The van der Waals surface area contributed by atoms with Crippen LogP contribution in [0.1, 0.15) is 22.5 Å². The van der Waals surface area contributed by atoms with Gasteiger partial charge in [0.1, 0.15) is 11.4 Å². The number of nitrogen functional groups attached to an aromatic ring is 1. The molecule has 0 spiro atoms. The van der Waals surface area contributed by atoms with E-state index in [4.69, 9.17) is 5.73 Å². The van der Waals surface area contributed by atoms with E-state index >= 15 is 0 Å². The Morgan fingerprint density at radius 2 is 1.04 bits per heavy atom. The van der Waals surface area contributed by atoms with Crippen molar-refractivity contribution in [3.8, 4) is 23.7 Å². The molecule has 0 saturated heterocycles. The van der Waals surface area contributed by atoms with E-state index in [1.54, 1.807) is 6.07 Å². The zero-order chi connectivity index (χ0) is 15.9. The van der Waals surface area contributed by atoms with E-state index in [-0.39, 0.29) is 5.95 Å². The summed E-state index contributed by atoms with van der Waals surface area (Å²) < 4.78 is 0. The quantitative estimate of drug-likeness (QED) is 0.649. The first-order valence-corrected chi connectivity index (χ1v) is 7.08. The summed E-state index contributed by atoms with van der Waals surface area (Å²) in [6.45, 7) is 0. The van der Waals surface area contributed by atoms with Gasteiger partial charge in [-0.25, -0.2) is 9.97 Å². The van der Waals surface area contributed by atoms with Crippen LogP contribution in [0.5, 0.6) is 0 Å². The van der Waals surface area contributed by atoms with Crippen LogP contribution in [0.2, 0.25) is 0 Å². The Balaban J connectivity index is 1.89. The summed E-state index contributed by atoms with van der Waals surface area (Å²) in [7, 11) is 0. The molecule has 3 nitrogen and oxygen atoms in total. The van der Waals surface area contributed by atoms with Crippen molar-refractivity contribution in [2.24, 2.45) is 0 Å². The van der Waals surface area contributed by atoms with Gasteiger partial charge in [0.15, 0.2) is 0 Å². The molecule has 108 valence electrons. The van der Waals surface area contributed by atoms with Gasteiger partial charge in [-0.15, -0.1) is 0 Å². The van der Waals surface area contributed by atoms with E-state index in [0.29, 0.717) is 11.4 Å². The molecule has 1 heterocycles. The summed E-state index contributed by atoms with van der Waals surface area (Å²) in [5.74, 6) is 12.2. The second kappa shape index (κ2) is 6.93. The van der Waals surface area contributed by atoms with Crippen LogP contribution in [-0.4, -0.2) is 9.97 Å². The Bertz CT molecular complexity index is 849. The standard InChI is InChI=1S/C20H13N3/c21-20-22-18(13-11-16-7-3-1-4-8-16)15-19(23-20)14-12-17-9-5-2-6-10-17/h1-10,15H,(H2,21,22,23). The van der Waals surface area contributed by atoms with Gasteiger partial charge in [-0.1, -0.05) is 48.2 Å². The summed E-state index contributed by atoms with van der Waals surface area (Å²) in [5, 5.41) is 0. The summed E-state index contributed by atoms with van der Waals surface area (Å²) in [5.41, 5.74) is 8.68. The third kappa shape index (κ3) is 4.20. The number of nitrogens with two attached hydrogens (primary N) is 1. The topological polar surface area (TPSA) is 51.8 Å². The van der Waals surface area contributed by atoms with Gasteiger partial charge >= 0.3 is 0 Å². The van der Waals surface area contributed by atoms with Crippen LogP contribution in [0.3, 0.4) is 0 Å². The highest BCUT2D eigenvalue weighted by molar-refractivity contribution is 5.46. The maximum Gasteiger partial charge on any atom is 0.222 e. The molecule has 0 bridgehead atoms. The van der Waals surface area contributed by atoms with Crippen LogP contribution in [0.25, 0.3) is 0 Å². The predicted octanol–water partition coefficient (Wildman–Crippen LogP) is 2.86. The molecular weight excluding hydrogens is 282 g/mol. The van der Waals surface area contributed by atoms with Gasteiger partial charge in [-0.05, 0) is 36.1 Å². The molecule has 0 aliphatic carbocycles. The van der Waals surface area contributed by atoms with Crippen LogP contribution in [0.4, 0.5) is 5.95 Å². The fraction of sp³-hybridized carbons (Fsp3) is 0. The zero-order valence-electron chi connectivity index (χ0n) is 12.3. The molecule has 0 amide bonds. The number of rotatable bonds is 0. The second-order valence-electron chi connectivity index (χ2n) is 4.73. The van der Waals surface area contributed by atoms with E-state index in [1.165, 1.54) is 0 Å². The van der Waals surface area contributed by atoms with Crippen LogP contribution in [0, 0.1) is 23.7 Å². The Hall–Kier alpha value is -3.56. The van der Waals surface area contributed by atoms with Crippen LogP contribution < -0.4 is 5.73 Å². The van der Waals surface area contributed by atoms with E-state index in [9.17, 15) is 0 Å². The van der Waals surface area contributed by atoms with Crippen molar-refractivity contribution < 1.29 is 0 Å². The van der Waals surface area contributed by atoms with Crippen molar-refractivity contribution in [1.29, 1.82) is 0 Å². The molecule has 0 aliphatic heterocycles. The molecule has 0 atom stereocenters. The van der Waals surface area contributed by atoms with E-state index in [0.717, 1.165) is 11.1 Å². The summed E-state index contributed by atoms with van der Waals surface area (Å²) in [4.78, 5) is 8.26. The minimum Gasteiger partial charge on any atom is -0.368 e. The molecule has 0 radical (unpaired) electrons. The fourth-order valence-electron chi connectivity index (χ4n) is 1.91. The number of nitrogens with zero attached hydrogens (tertiary/aromatic N) is 2. The van der Waals surface area contributed by atoms with Crippen molar-refractivity contribution in [3.05, 3.63) is 89.2 Å². The Labute approximate surface area is 135 Å². The maximum absolute atomic E-state index is 5.74. The van der Waals surface area contributed by atoms with Gasteiger partial charge in [0.2, 0.25) is 5.95 Å². The van der Waals surface area contributed by atoms with Gasteiger partial charge in [-0.3, -0.25) is 0 Å². The number of hydrogen-bond donors (Lipinski definition) is 1. The Kier molecular flexibility index (Phi) is 4.34. The fourth-order valence-corrected chi connectivity index (χ4v) is 1.91. The lowest BCUT2D eigenvalue weighted by atomic mass is 10.2. The highest BCUT2D eigenvalue weighted by Gasteiger charge is 1.98. The van der Waals surface area contributed by atoms with Crippen molar-refractivity contribution in [1.82, 2.24) is 9.97 Å². The van der Waals surface area contributed by atoms with Crippen LogP contribution in [0.15, 0.2) is 66.7 Å². The van der Waals surface area contributed by atoms with Crippen LogP contribution >= 0.6 is 0 Å². The average Bonchev–Trinajstić information content (AvgIpc) is 2.60. The first kappa shape index (κ1) is 14.4. The number of benzene rings is 2. The highest BCUT2D eigenvalue weighted by Crippen LogP contribution is 2.03. The third-order valence-electron chi connectivity index (χ3n) is 2.96. The number of anilines is 1. The normalized spacial score (nSPS) is 9.22. The van der Waals surface area contributed by atoms with E-state index < -0.39 is 0 Å². The maximum atomic E-state index is 5.74. The third-order valence-corrected chi connectivity index (χ3v) is 2.96. The molecule has 0 fully saturated rings. The molecular formula is C20H13N3. The SMILES string of the molecule is Nc1nc(C#Cc2ccccc2)cc(C#Cc2ccccc2)n1. The predicted molar refractivity (Wildman–Crippen MR) is 91.3 cm³/mol. The molecule has 0 unspecified atom stereocenters. The first-order valence-electron chi connectivity index (χ1n) is 7.08. The second-order valence-corrected chi connectivity index (χ2v) is 4.73. The Morgan fingerprint density at radius 3 is 1.48 bits per heavy atom. The van der Waals surface area contributed by atoms with Gasteiger partial charge in [0.05, 0.1) is 0 Å². The minimum atomic E-state index is 0.169.